The van der Waals surface area contributed by atoms with Crippen molar-refractivity contribution in [1.82, 2.24) is 0 Å². The van der Waals surface area contributed by atoms with E-state index in [2.05, 4.69) is 13.2 Å². The minimum Gasteiger partial charge on any atom is -0.521 e. The van der Waals surface area contributed by atoms with Crippen LogP contribution in [0.25, 0.3) is 0 Å². The Labute approximate surface area is 71.7 Å². The summed E-state index contributed by atoms with van der Waals surface area (Å²) in [4.78, 5) is 0. The molecule has 0 N–H and O–H groups in total. The van der Waals surface area contributed by atoms with E-state index in [1.54, 1.807) is 0 Å². The zero-order chi connectivity index (χ0) is 2.00. The molecule has 2 heteroatoms. The van der Waals surface area contributed by atoms with Gasteiger partial charge in [0, 0.05) is 8.41 Å². The molecule has 0 unspecified atom stereocenters. The normalized spacial score (nSPS) is 1.00. The molecular formula is C2H3BK. The Morgan fingerprint density at radius 3 is 1.25 bits per heavy atom. The van der Waals surface area contributed by atoms with Gasteiger partial charge >= 0.3 is 51.4 Å². The zero-order valence-electron chi connectivity index (χ0n) is 2.86. The molecule has 0 fully saturated rings. The molecule has 0 aliphatic heterocycles. The van der Waals surface area contributed by atoms with Gasteiger partial charge in [0.1, 0.15) is 0 Å². The van der Waals surface area contributed by atoms with Gasteiger partial charge in [0.05, 0.1) is 0 Å². The summed E-state index contributed by atoms with van der Waals surface area (Å²) in [6, 6.07) is 0. The number of rotatable bonds is 0. The number of hydrogen-bond donors (Lipinski definition) is 0. The van der Waals surface area contributed by atoms with Crippen LogP contribution in [0.4, 0.5) is 0 Å². The van der Waals surface area contributed by atoms with Crippen LogP contribution in [-0.4, -0.2) is 8.41 Å². The summed E-state index contributed by atoms with van der Waals surface area (Å²) in [6.07, 6.45) is 0. The average Bonchev–Trinajstić information content (AvgIpc) is 1.00. The SMILES string of the molecule is [B].[CH-]=C.[K+]. The van der Waals surface area contributed by atoms with Crippen molar-refractivity contribution in [3.8, 4) is 0 Å². The van der Waals surface area contributed by atoms with Crippen molar-refractivity contribution in [1.29, 1.82) is 0 Å². The van der Waals surface area contributed by atoms with E-state index < -0.39 is 0 Å². The van der Waals surface area contributed by atoms with Crippen molar-refractivity contribution in [2.24, 2.45) is 0 Å². The predicted molar refractivity (Wildman–Crippen MR) is 15.7 cm³/mol. The second-order valence-electron chi connectivity index (χ2n) is 0. The van der Waals surface area contributed by atoms with E-state index in [0.717, 1.165) is 0 Å². The van der Waals surface area contributed by atoms with Crippen molar-refractivity contribution in [2.45, 2.75) is 0 Å². The molecule has 0 aliphatic carbocycles. The smallest absolute Gasteiger partial charge is 0.521 e. The van der Waals surface area contributed by atoms with Gasteiger partial charge in [-0.05, 0) is 0 Å². The molecule has 0 spiro atoms. The van der Waals surface area contributed by atoms with E-state index in [1.807, 2.05) is 0 Å². The van der Waals surface area contributed by atoms with E-state index in [-0.39, 0.29) is 59.8 Å². The van der Waals surface area contributed by atoms with Gasteiger partial charge in [0.2, 0.25) is 0 Å². The first-order valence-electron chi connectivity index (χ1n) is 0.408. The Balaban J connectivity index is -0.00000000500. The summed E-state index contributed by atoms with van der Waals surface area (Å²) in [5, 5.41) is 0. The van der Waals surface area contributed by atoms with Gasteiger partial charge in [-0.2, -0.15) is 0 Å². The molecule has 3 radical (unpaired) electrons. The van der Waals surface area contributed by atoms with Crippen molar-refractivity contribution in [3.63, 3.8) is 0 Å². The van der Waals surface area contributed by atoms with Gasteiger partial charge in [0.15, 0.2) is 0 Å². The first-order chi connectivity index (χ1) is 1.00. The summed E-state index contributed by atoms with van der Waals surface area (Å²) in [5.41, 5.74) is 0. The largest absolute Gasteiger partial charge is 1.00 e. The van der Waals surface area contributed by atoms with E-state index in [4.69, 9.17) is 0 Å². The summed E-state index contributed by atoms with van der Waals surface area (Å²) in [6.45, 7) is 7.00. The van der Waals surface area contributed by atoms with Crippen molar-refractivity contribution >= 4 is 8.41 Å². The zero-order valence-corrected chi connectivity index (χ0v) is 5.98. The van der Waals surface area contributed by atoms with Gasteiger partial charge in [-0.3, -0.25) is 6.58 Å². The van der Waals surface area contributed by atoms with Crippen LogP contribution in [0, 0.1) is 6.58 Å². The van der Waals surface area contributed by atoms with Crippen molar-refractivity contribution < 1.29 is 51.4 Å². The average molecular weight is 77.0 g/mol. The maximum Gasteiger partial charge on any atom is 1.00 e. The van der Waals surface area contributed by atoms with E-state index in [9.17, 15) is 0 Å². The van der Waals surface area contributed by atoms with Crippen LogP contribution in [0.2, 0.25) is 0 Å². The van der Waals surface area contributed by atoms with Gasteiger partial charge in [-0.25, -0.2) is 0 Å². The van der Waals surface area contributed by atoms with Gasteiger partial charge in [-0.15, -0.1) is 0 Å². The minimum absolute atomic E-state index is 0. The molecule has 0 saturated heterocycles. The maximum absolute atomic E-state index is 4.25. The quantitative estimate of drug-likeness (QED) is 0.217. The molecule has 0 aliphatic rings. The van der Waals surface area contributed by atoms with Crippen LogP contribution < -0.4 is 51.4 Å². The fraction of sp³-hybridized carbons (Fsp3) is 0. The summed E-state index contributed by atoms with van der Waals surface area (Å²) in [7, 11) is 0. The Kier molecular flexibility index (Phi) is 114. The second kappa shape index (κ2) is 25.3. The van der Waals surface area contributed by atoms with Crippen LogP contribution in [0.5, 0.6) is 0 Å². The molecular weight excluding hydrogens is 73.9 g/mol. The van der Waals surface area contributed by atoms with Crippen LogP contribution >= 0.6 is 0 Å². The maximum atomic E-state index is 4.25. The second-order valence-corrected chi connectivity index (χ2v) is 0. The van der Waals surface area contributed by atoms with Gasteiger partial charge in [0.25, 0.3) is 0 Å². The van der Waals surface area contributed by atoms with Crippen molar-refractivity contribution in [3.05, 3.63) is 13.2 Å². The third-order valence-corrected chi connectivity index (χ3v) is 0. The van der Waals surface area contributed by atoms with Crippen LogP contribution in [0.3, 0.4) is 0 Å². The van der Waals surface area contributed by atoms with Crippen LogP contribution in [0.1, 0.15) is 0 Å². The molecule has 0 atom stereocenters. The monoisotopic (exact) mass is 77.0 g/mol. The standard InChI is InChI=1S/C2H3.B.K/c1-2;;/h1H,2H2;;/q-1;;+1. The predicted octanol–water partition coefficient (Wildman–Crippen LogP) is -2.77. The first-order valence-corrected chi connectivity index (χ1v) is 0.408. The Hall–Kier alpha value is 1.44. The molecule has 15 valence electrons. The summed E-state index contributed by atoms with van der Waals surface area (Å²) in [5.74, 6) is 0. The molecule has 4 heavy (non-hydrogen) atoms. The topological polar surface area (TPSA) is 0 Å². The Morgan fingerprint density at radius 2 is 1.25 bits per heavy atom. The number of hydrogen-bond acceptors (Lipinski definition) is 0. The molecule has 0 aromatic carbocycles. The summed E-state index contributed by atoms with van der Waals surface area (Å²) >= 11 is 0. The van der Waals surface area contributed by atoms with E-state index in [0.29, 0.717) is 0 Å². The fourth-order valence-electron chi connectivity index (χ4n) is 0. The van der Waals surface area contributed by atoms with Crippen molar-refractivity contribution in [2.75, 3.05) is 0 Å². The Bertz CT molecular complexity index is 6.00. The third-order valence-electron chi connectivity index (χ3n) is 0. The molecule has 0 aromatic rings. The molecule has 0 heterocycles. The minimum atomic E-state index is 0. The summed E-state index contributed by atoms with van der Waals surface area (Å²) < 4.78 is 0. The molecule has 0 nitrogen and oxygen atoms in total. The van der Waals surface area contributed by atoms with E-state index >= 15 is 0 Å². The van der Waals surface area contributed by atoms with Crippen LogP contribution in [0.15, 0.2) is 6.58 Å². The van der Waals surface area contributed by atoms with Gasteiger partial charge < -0.3 is 6.58 Å². The van der Waals surface area contributed by atoms with Crippen LogP contribution in [-0.2, 0) is 0 Å². The molecule has 0 rings (SSSR count). The van der Waals surface area contributed by atoms with Gasteiger partial charge in [-0.1, -0.05) is 0 Å². The van der Waals surface area contributed by atoms with E-state index in [1.165, 1.54) is 0 Å². The Morgan fingerprint density at radius 1 is 1.25 bits per heavy atom. The molecule has 0 bridgehead atoms. The third kappa shape index (κ3) is 9.87. The first kappa shape index (κ1) is 18.0. The molecule has 0 amide bonds. The fourth-order valence-corrected chi connectivity index (χ4v) is 0. The molecule has 0 saturated carbocycles. The molecule has 0 aromatic heterocycles.